The van der Waals surface area contributed by atoms with E-state index < -0.39 is 17.3 Å². The van der Waals surface area contributed by atoms with E-state index in [1.165, 1.54) is 18.9 Å². The fraction of sp³-hybridized carbons (Fsp3) is 0.333. The van der Waals surface area contributed by atoms with Crippen molar-refractivity contribution in [2.24, 2.45) is 7.05 Å². The Balaban J connectivity index is 2.11. The molecule has 0 aliphatic rings. The predicted octanol–water partition coefficient (Wildman–Crippen LogP) is 1.85. The summed E-state index contributed by atoms with van der Waals surface area (Å²) >= 11 is 1.20. The van der Waals surface area contributed by atoms with Crippen LogP contribution in [-0.4, -0.2) is 46.2 Å². The molecule has 0 saturated carbocycles. The maximum atomic E-state index is 11.9. The van der Waals surface area contributed by atoms with Crippen LogP contribution in [0.1, 0.15) is 6.92 Å². The first-order valence-corrected chi connectivity index (χ1v) is 7.93. The molecule has 1 aromatic carbocycles. The van der Waals surface area contributed by atoms with Gasteiger partial charge in [0.05, 0.1) is 19.5 Å². The molecule has 0 aliphatic heterocycles. The van der Waals surface area contributed by atoms with Gasteiger partial charge in [0, 0.05) is 12.6 Å². The lowest BCUT2D eigenvalue weighted by Crippen LogP contribution is -2.35. The van der Waals surface area contributed by atoms with Crippen molar-refractivity contribution in [1.82, 2.24) is 20.1 Å². The van der Waals surface area contributed by atoms with Crippen molar-refractivity contribution >= 4 is 23.8 Å². The number of methoxy groups -OCH3 is 2. The molecule has 1 aromatic heterocycles. The first-order valence-electron chi connectivity index (χ1n) is 7.05. The summed E-state index contributed by atoms with van der Waals surface area (Å²) in [5.41, 5.74) is 0.879. The highest BCUT2D eigenvalue weighted by atomic mass is 32.2. The predicted molar refractivity (Wildman–Crippen MR) is 88.9 cm³/mol. The molecule has 2 amide bonds. The van der Waals surface area contributed by atoms with Gasteiger partial charge in [-0.2, -0.15) is 0 Å². The number of imide groups is 1. The van der Waals surface area contributed by atoms with Gasteiger partial charge < -0.3 is 14.0 Å². The third-order valence-corrected chi connectivity index (χ3v) is 4.38. The molecule has 2 rings (SSSR count). The standard InChI is InChI=1S/C15H18N4O4S/c1-9(13(20)16-15(21)23-4)24-14-18-17-12(19(14)2)10-5-7-11(22-3)8-6-10/h5-9H,1-4H3,(H,16,20,21)/t9-/m0/s1. The Labute approximate surface area is 143 Å². The topological polar surface area (TPSA) is 95.3 Å². The van der Waals surface area contributed by atoms with E-state index in [1.54, 1.807) is 18.6 Å². The fourth-order valence-electron chi connectivity index (χ4n) is 1.87. The molecule has 0 radical (unpaired) electrons. The average molecular weight is 350 g/mol. The van der Waals surface area contributed by atoms with Crippen LogP contribution in [-0.2, 0) is 16.6 Å². The number of rotatable bonds is 5. The summed E-state index contributed by atoms with van der Waals surface area (Å²) in [5.74, 6) is 0.963. The molecule has 1 atom stereocenters. The molecular weight excluding hydrogens is 332 g/mol. The van der Waals surface area contributed by atoms with E-state index in [0.717, 1.165) is 11.3 Å². The van der Waals surface area contributed by atoms with Crippen molar-refractivity contribution in [2.75, 3.05) is 14.2 Å². The summed E-state index contributed by atoms with van der Waals surface area (Å²) < 4.78 is 11.3. The molecule has 2 aromatic rings. The van der Waals surface area contributed by atoms with Crippen molar-refractivity contribution in [1.29, 1.82) is 0 Å². The first-order chi connectivity index (χ1) is 11.5. The van der Waals surface area contributed by atoms with E-state index in [4.69, 9.17) is 4.74 Å². The Morgan fingerprint density at radius 3 is 2.46 bits per heavy atom. The highest BCUT2D eigenvalue weighted by molar-refractivity contribution is 8.00. The zero-order chi connectivity index (χ0) is 17.7. The van der Waals surface area contributed by atoms with Crippen molar-refractivity contribution in [2.45, 2.75) is 17.3 Å². The van der Waals surface area contributed by atoms with Gasteiger partial charge in [-0.1, -0.05) is 11.8 Å². The number of carbonyl (C=O) groups is 2. The van der Waals surface area contributed by atoms with Gasteiger partial charge in [-0.15, -0.1) is 10.2 Å². The third-order valence-electron chi connectivity index (χ3n) is 3.25. The Kier molecular flexibility index (Phi) is 5.80. The number of alkyl carbamates (subject to hydrolysis) is 1. The summed E-state index contributed by atoms with van der Waals surface area (Å²) in [6.45, 7) is 1.67. The van der Waals surface area contributed by atoms with Gasteiger partial charge in [0.1, 0.15) is 5.75 Å². The maximum absolute atomic E-state index is 11.9. The van der Waals surface area contributed by atoms with Gasteiger partial charge in [0.25, 0.3) is 0 Å². The summed E-state index contributed by atoms with van der Waals surface area (Å²) in [4.78, 5) is 23.0. The van der Waals surface area contributed by atoms with Crippen LogP contribution in [0.25, 0.3) is 11.4 Å². The normalized spacial score (nSPS) is 11.7. The van der Waals surface area contributed by atoms with E-state index in [9.17, 15) is 9.59 Å². The number of nitrogens with zero attached hydrogens (tertiary/aromatic N) is 3. The smallest absolute Gasteiger partial charge is 0.413 e. The quantitative estimate of drug-likeness (QED) is 0.822. The van der Waals surface area contributed by atoms with Crippen LogP contribution in [0.5, 0.6) is 5.75 Å². The number of amides is 2. The highest BCUT2D eigenvalue weighted by Crippen LogP contribution is 2.26. The number of thioether (sulfide) groups is 1. The summed E-state index contributed by atoms with van der Waals surface area (Å²) in [6.07, 6.45) is -0.788. The highest BCUT2D eigenvalue weighted by Gasteiger charge is 2.21. The molecular formula is C15H18N4O4S. The molecule has 8 nitrogen and oxygen atoms in total. The lowest BCUT2D eigenvalue weighted by atomic mass is 10.2. The largest absolute Gasteiger partial charge is 0.497 e. The Hall–Kier alpha value is -2.55. The summed E-state index contributed by atoms with van der Waals surface area (Å²) in [6, 6.07) is 7.43. The number of hydrogen-bond acceptors (Lipinski definition) is 7. The fourth-order valence-corrected chi connectivity index (χ4v) is 2.69. The van der Waals surface area contributed by atoms with Gasteiger partial charge in [0.2, 0.25) is 5.91 Å². The van der Waals surface area contributed by atoms with Gasteiger partial charge >= 0.3 is 6.09 Å². The van der Waals surface area contributed by atoms with Gasteiger partial charge in [-0.3, -0.25) is 10.1 Å². The van der Waals surface area contributed by atoms with Gasteiger partial charge in [-0.05, 0) is 31.2 Å². The molecule has 0 fully saturated rings. The minimum absolute atomic E-state index is 0.458. The molecule has 128 valence electrons. The minimum atomic E-state index is -0.788. The van der Waals surface area contributed by atoms with Crippen molar-refractivity contribution in [3.63, 3.8) is 0 Å². The Morgan fingerprint density at radius 1 is 1.21 bits per heavy atom. The van der Waals surface area contributed by atoms with Crippen LogP contribution in [0.3, 0.4) is 0 Å². The Bertz CT molecular complexity index is 730. The molecule has 0 saturated heterocycles. The zero-order valence-corrected chi connectivity index (χ0v) is 14.6. The van der Waals surface area contributed by atoms with Crippen molar-refractivity contribution < 1.29 is 19.1 Å². The van der Waals surface area contributed by atoms with E-state index in [2.05, 4.69) is 20.3 Å². The van der Waals surface area contributed by atoms with Crippen LogP contribution in [0.15, 0.2) is 29.4 Å². The number of hydrogen-bond donors (Lipinski definition) is 1. The zero-order valence-electron chi connectivity index (χ0n) is 13.8. The molecule has 24 heavy (non-hydrogen) atoms. The van der Waals surface area contributed by atoms with E-state index >= 15 is 0 Å². The van der Waals surface area contributed by atoms with E-state index in [0.29, 0.717) is 11.0 Å². The third kappa shape index (κ3) is 4.05. The van der Waals surface area contributed by atoms with Gasteiger partial charge in [0.15, 0.2) is 11.0 Å². The van der Waals surface area contributed by atoms with E-state index in [-0.39, 0.29) is 0 Å². The monoisotopic (exact) mass is 350 g/mol. The summed E-state index contributed by atoms with van der Waals surface area (Å²) in [7, 11) is 4.61. The van der Waals surface area contributed by atoms with E-state index in [1.807, 2.05) is 31.3 Å². The molecule has 0 unspecified atom stereocenters. The molecule has 0 bridgehead atoms. The number of nitrogens with one attached hydrogen (secondary N) is 1. The van der Waals surface area contributed by atoms with Crippen LogP contribution >= 0.6 is 11.8 Å². The minimum Gasteiger partial charge on any atom is -0.497 e. The SMILES string of the molecule is COC(=O)NC(=O)[C@H](C)Sc1nnc(-c2ccc(OC)cc2)n1C. The lowest BCUT2D eigenvalue weighted by Gasteiger charge is -2.10. The van der Waals surface area contributed by atoms with Crippen LogP contribution in [0.4, 0.5) is 4.79 Å². The Morgan fingerprint density at radius 2 is 1.88 bits per heavy atom. The molecule has 0 aliphatic carbocycles. The second-order valence-electron chi connectivity index (χ2n) is 4.83. The van der Waals surface area contributed by atoms with Gasteiger partial charge in [-0.25, -0.2) is 4.79 Å². The molecule has 1 heterocycles. The van der Waals surface area contributed by atoms with Crippen molar-refractivity contribution in [3.05, 3.63) is 24.3 Å². The number of carbonyl (C=O) groups excluding carboxylic acids is 2. The van der Waals surface area contributed by atoms with Crippen LogP contribution in [0, 0.1) is 0 Å². The molecule has 0 spiro atoms. The second kappa shape index (κ2) is 7.82. The molecule has 9 heteroatoms. The lowest BCUT2D eigenvalue weighted by molar-refractivity contribution is -0.119. The number of ether oxygens (including phenoxy) is 2. The van der Waals surface area contributed by atoms with Crippen LogP contribution in [0.2, 0.25) is 0 Å². The first kappa shape index (κ1) is 17.8. The second-order valence-corrected chi connectivity index (χ2v) is 6.14. The summed E-state index contributed by atoms with van der Waals surface area (Å²) in [5, 5.41) is 10.4. The van der Waals surface area contributed by atoms with Crippen molar-refractivity contribution in [3.8, 4) is 17.1 Å². The maximum Gasteiger partial charge on any atom is 0.413 e. The molecule has 1 N–H and O–H groups in total. The average Bonchev–Trinajstić information content (AvgIpc) is 2.95. The number of aromatic nitrogens is 3. The number of benzene rings is 1. The van der Waals surface area contributed by atoms with Crippen LogP contribution < -0.4 is 10.1 Å².